The minimum Gasteiger partial charge on any atom is -0.317 e. The second kappa shape index (κ2) is 3.74. The highest BCUT2D eigenvalue weighted by Gasteiger charge is 2.23. The molecule has 0 saturated carbocycles. The van der Waals surface area contributed by atoms with E-state index in [0.717, 1.165) is 19.5 Å². The van der Waals surface area contributed by atoms with Gasteiger partial charge in [-0.3, -0.25) is 0 Å². The Bertz CT molecular complexity index is 207. The first-order valence-corrected chi connectivity index (χ1v) is 6.12. The van der Waals surface area contributed by atoms with Gasteiger partial charge in [0.05, 0.1) is 5.25 Å². The SMILES string of the molecule is O=S(=O)(Cl)C1CCCNCC1. The van der Waals surface area contributed by atoms with E-state index < -0.39 is 9.05 Å². The maximum atomic E-state index is 10.9. The molecule has 5 heteroatoms. The van der Waals surface area contributed by atoms with Gasteiger partial charge < -0.3 is 5.32 Å². The Morgan fingerprint density at radius 1 is 1.27 bits per heavy atom. The molecule has 0 spiro atoms. The molecule has 1 atom stereocenters. The van der Waals surface area contributed by atoms with Crippen LogP contribution in [0.2, 0.25) is 0 Å². The topological polar surface area (TPSA) is 46.2 Å². The lowest BCUT2D eigenvalue weighted by atomic mass is 10.2. The average Bonchev–Trinajstić information content (AvgIpc) is 2.10. The fourth-order valence-corrected chi connectivity index (χ4v) is 2.65. The molecule has 0 aromatic rings. The maximum absolute atomic E-state index is 10.9. The average molecular weight is 198 g/mol. The van der Waals surface area contributed by atoms with Crippen molar-refractivity contribution in [2.24, 2.45) is 0 Å². The second-order valence-electron chi connectivity index (χ2n) is 2.78. The molecule has 1 aliphatic rings. The highest BCUT2D eigenvalue weighted by molar-refractivity contribution is 8.14. The van der Waals surface area contributed by atoms with Crippen LogP contribution in [0.5, 0.6) is 0 Å². The van der Waals surface area contributed by atoms with Crippen LogP contribution in [0.25, 0.3) is 0 Å². The quantitative estimate of drug-likeness (QED) is 0.630. The van der Waals surface area contributed by atoms with Crippen molar-refractivity contribution in [2.75, 3.05) is 13.1 Å². The van der Waals surface area contributed by atoms with E-state index in [9.17, 15) is 8.42 Å². The fourth-order valence-electron chi connectivity index (χ4n) is 1.27. The molecule has 11 heavy (non-hydrogen) atoms. The normalized spacial score (nSPS) is 27.9. The molecule has 0 aromatic carbocycles. The van der Waals surface area contributed by atoms with Crippen molar-refractivity contribution in [3.05, 3.63) is 0 Å². The van der Waals surface area contributed by atoms with Crippen LogP contribution >= 0.6 is 10.7 Å². The zero-order valence-corrected chi connectivity index (χ0v) is 7.79. The molecule has 1 aliphatic heterocycles. The molecule has 1 unspecified atom stereocenters. The third kappa shape index (κ3) is 2.97. The Labute approximate surface area is 71.5 Å². The summed E-state index contributed by atoms with van der Waals surface area (Å²) in [7, 11) is 1.91. The van der Waals surface area contributed by atoms with Crippen molar-refractivity contribution in [1.29, 1.82) is 0 Å². The summed E-state index contributed by atoms with van der Waals surface area (Å²) in [6.07, 6.45) is 2.24. The van der Waals surface area contributed by atoms with Crippen molar-refractivity contribution in [2.45, 2.75) is 24.5 Å². The van der Waals surface area contributed by atoms with E-state index in [1.807, 2.05) is 0 Å². The summed E-state index contributed by atoms with van der Waals surface area (Å²) in [5.74, 6) is 0. The largest absolute Gasteiger partial charge is 0.317 e. The Balaban J connectivity index is 2.57. The Morgan fingerprint density at radius 2 is 2.00 bits per heavy atom. The second-order valence-corrected chi connectivity index (χ2v) is 5.69. The summed E-state index contributed by atoms with van der Waals surface area (Å²) >= 11 is 0. The van der Waals surface area contributed by atoms with Gasteiger partial charge in [-0.2, -0.15) is 0 Å². The summed E-state index contributed by atoms with van der Waals surface area (Å²) in [6.45, 7) is 1.67. The Morgan fingerprint density at radius 3 is 2.64 bits per heavy atom. The number of hydrogen-bond acceptors (Lipinski definition) is 3. The van der Waals surface area contributed by atoms with Gasteiger partial charge in [-0.15, -0.1) is 0 Å². The van der Waals surface area contributed by atoms with Crippen LogP contribution in [0.4, 0.5) is 0 Å². The van der Waals surface area contributed by atoms with E-state index in [1.165, 1.54) is 0 Å². The minimum absolute atomic E-state index is 0.334. The molecule has 1 saturated heterocycles. The minimum atomic E-state index is -3.32. The summed E-state index contributed by atoms with van der Waals surface area (Å²) in [6, 6.07) is 0. The highest BCUT2D eigenvalue weighted by Crippen LogP contribution is 2.17. The molecule has 0 aliphatic carbocycles. The molecular weight excluding hydrogens is 186 g/mol. The number of rotatable bonds is 1. The van der Waals surface area contributed by atoms with Crippen molar-refractivity contribution in [3.8, 4) is 0 Å². The molecule has 3 nitrogen and oxygen atoms in total. The molecule has 1 fully saturated rings. The van der Waals surface area contributed by atoms with E-state index in [4.69, 9.17) is 10.7 Å². The van der Waals surface area contributed by atoms with Crippen LogP contribution in [-0.4, -0.2) is 26.8 Å². The van der Waals surface area contributed by atoms with Gasteiger partial charge >= 0.3 is 0 Å². The van der Waals surface area contributed by atoms with Gasteiger partial charge in [-0.05, 0) is 32.4 Å². The summed E-state index contributed by atoms with van der Waals surface area (Å²) in [4.78, 5) is 0. The fraction of sp³-hybridized carbons (Fsp3) is 1.00. The maximum Gasteiger partial charge on any atom is 0.235 e. The molecule has 66 valence electrons. The Kier molecular flexibility index (Phi) is 3.16. The van der Waals surface area contributed by atoms with E-state index in [0.29, 0.717) is 12.8 Å². The third-order valence-corrected chi connectivity index (χ3v) is 3.94. The first-order chi connectivity index (χ1) is 5.11. The van der Waals surface area contributed by atoms with E-state index in [-0.39, 0.29) is 5.25 Å². The highest BCUT2D eigenvalue weighted by atomic mass is 35.7. The zero-order chi connectivity index (χ0) is 8.32. The van der Waals surface area contributed by atoms with Crippen molar-refractivity contribution < 1.29 is 8.42 Å². The molecular formula is C6H12ClNO2S. The van der Waals surface area contributed by atoms with Gasteiger partial charge in [0.2, 0.25) is 9.05 Å². The summed E-state index contributed by atoms with van der Waals surface area (Å²) in [5.41, 5.74) is 0. The lowest BCUT2D eigenvalue weighted by Crippen LogP contribution is -2.18. The monoisotopic (exact) mass is 197 g/mol. The van der Waals surface area contributed by atoms with Crippen LogP contribution < -0.4 is 5.32 Å². The van der Waals surface area contributed by atoms with Crippen molar-refractivity contribution >= 4 is 19.7 Å². The molecule has 1 heterocycles. The molecule has 0 radical (unpaired) electrons. The Hall–Kier alpha value is 0.200. The van der Waals surface area contributed by atoms with Gasteiger partial charge in [0.25, 0.3) is 0 Å². The van der Waals surface area contributed by atoms with E-state index in [2.05, 4.69) is 5.32 Å². The third-order valence-electron chi connectivity index (χ3n) is 1.92. The predicted molar refractivity (Wildman–Crippen MR) is 45.3 cm³/mol. The van der Waals surface area contributed by atoms with Crippen LogP contribution in [0, 0.1) is 0 Å². The van der Waals surface area contributed by atoms with Gasteiger partial charge in [-0.1, -0.05) is 0 Å². The zero-order valence-electron chi connectivity index (χ0n) is 6.22. The summed E-state index contributed by atoms with van der Waals surface area (Å²) < 4.78 is 21.8. The first kappa shape index (κ1) is 9.29. The molecule has 1 N–H and O–H groups in total. The van der Waals surface area contributed by atoms with Gasteiger partial charge in [0.1, 0.15) is 0 Å². The number of hydrogen-bond donors (Lipinski definition) is 1. The van der Waals surface area contributed by atoms with E-state index >= 15 is 0 Å². The van der Waals surface area contributed by atoms with Gasteiger partial charge in [-0.25, -0.2) is 8.42 Å². The lowest BCUT2D eigenvalue weighted by molar-refractivity contribution is 0.581. The van der Waals surface area contributed by atoms with Crippen LogP contribution in [0.3, 0.4) is 0 Å². The van der Waals surface area contributed by atoms with Crippen LogP contribution in [0.15, 0.2) is 0 Å². The number of nitrogens with one attached hydrogen (secondary N) is 1. The standard InChI is InChI=1S/C6H12ClNO2S/c7-11(9,10)6-2-1-4-8-5-3-6/h6,8H,1-5H2. The smallest absolute Gasteiger partial charge is 0.235 e. The predicted octanol–water partition coefficient (Wildman–Crippen LogP) is 0.697. The molecule has 1 rings (SSSR count). The van der Waals surface area contributed by atoms with Crippen molar-refractivity contribution in [1.82, 2.24) is 5.32 Å². The lowest BCUT2D eigenvalue weighted by Gasteiger charge is -2.07. The first-order valence-electron chi connectivity index (χ1n) is 3.75. The summed E-state index contributed by atoms with van der Waals surface area (Å²) in [5, 5.41) is 2.79. The molecule has 0 aromatic heterocycles. The van der Waals surface area contributed by atoms with Crippen LogP contribution in [-0.2, 0) is 9.05 Å². The van der Waals surface area contributed by atoms with E-state index in [1.54, 1.807) is 0 Å². The van der Waals surface area contributed by atoms with Gasteiger partial charge in [0.15, 0.2) is 0 Å². The molecule has 0 bridgehead atoms. The van der Waals surface area contributed by atoms with Crippen molar-refractivity contribution in [3.63, 3.8) is 0 Å². The number of halogens is 1. The van der Waals surface area contributed by atoms with Crippen LogP contribution in [0.1, 0.15) is 19.3 Å². The molecule has 0 amide bonds. The van der Waals surface area contributed by atoms with Gasteiger partial charge in [0, 0.05) is 10.7 Å².